The van der Waals surface area contributed by atoms with E-state index < -0.39 is 11.6 Å². The molecule has 0 amide bonds. The van der Waals surface area contributed by atoms with Crippen molar-refractivity contribution < 1.29 is 18.3 Å². The molecule has 0 saturated carbocycles. The first-order valence-corrected chi connectivity index (χ1v) is 6.03. The van der Waals surface area contributed by atoms with Crippen LogP contribution >= 0.6 is 0 Å². The number of ether oxygens (including phenoxy) is 2. The minimum Gasteiger partial charge on any atom is -0.350 e. The van der Waals surface area contributed by atoms with Gasteiger partial charge in [0.05, 0.1) is 13.2 Å². The van der Waals surface area contributed by atoms with E-state index in [9.17, 15) is 8.78 Å². The zero-order valence-corrected chi connectivity index (χ0v) is 10.3. The molecule has 1 heterocycles. The fraction of sp³-hybridized carbons (Fsp3) is 0.538. The SMILES string of the molecule is CNC(Cc1ccc(F)cc1F)CC1OCCO1. The molecule has 0 aromatic heterocycles. The second kappa shape index (κ2) is 6.22. The summed E-state index contributed by atoms with van der Waals surface area (Å²) in [7, 11) is 1.81. The maximum Gasteiger partial charge on any atom is 0.159 e. The fourth-order valence-electron chi connectivity index (χ4n) is 2.03. The van der Waals surface area contributed by atoms with Gasteiger partial charge in [-0.1, -0.05) is 6.07 Å². The van der Waals surface area contributed by atoms with E-state index in [0.29, 0.717) is 31.6 Å². The Labute approximate surface area is 105 Å². The van der Waals surface area contributed by atoms with Crippen molar-refractivity contribution in [3.05, 3.63) is 35.4 Å². The van der Waals surface area contributed by atoms with E-state index in [1.807, 2.05) is 0 Å². The lowest BCUT2D eigenvalue weighted by molar-refractivity contribution is -0.0523. The van der Waals surface area contributed by atoms with Crippen LogP contribution in [0.2, 0.25) is 0 Å². The van der Waals surface area contributed by atoms with Gasteiger partial charge in [-0.3, -0.25) is 0 Å². The molecular formula is C13H17F2NO2. The molecule has 0 spiro atoms. The predicted molar refractivity (Wildman–Crippen MR) is 63.2 cm³/mol. The monoisotopic (exact) mass is 257 g/mol. The largest absolute Gasteiger partial charge is 0.350 e. The highest BCUT2D eigenvalue weighted by atomic mass is 19.1. The highest BCUT2D eigenvalue weighted by Gasteiger charge is 2.21. The minimum absolute atomic E-state index is 0.0352. The highest BCUT2D eigenvalue weighted by Crippen LogP contribution is 2.16. The van der Waals surface area contributed by atoms with E-state index in [4.69, 9.17) is 9.47 Å². The molecule has 100 valence electrons. The predicted octanol–water partition coefficient (Wildman–Crippen LogP) is 1.86. The molecule has 1 saturated heterocycles. The third-order valence-corrected chi connectivity index (χ3v) is 3.06. The third-order valence-electron chi connectivity index (χ3n) is 3.06. The molecule has 1 N–H and O–H groups in total. The minimum atomic E-state index is -0.556. The molecule has 1 aliphatic heterocycles. The smallest absolute Gasteiger partial charge is 0.159 e. The molecular weight excluding hydrogens is 240 g/mol. The van der Waals surface area contributed by atoms with Gasteiger partial charge in [0.15, 0.2) is 6.29 Å². The Kier molecular flexibility index (Phi) is 4.63. The van der Waals surface area contributed by atoms with Crippen LogP contribution in [0.15, 0.2) is 18.2 Å². The molecule has 2 rings (SSSR count). The van der Waals surface area contributed by atoms with E-state index in [1.165, 1.54) is 12.1 Å². The Bertz CT molecular complexity index is 395. The average molecular weight is 257 g/mol. The number of hydrogen-bond acceptors (Lipinski definition) is 3. The van der Waals surface area contributed by atoms with Crippen molar-refractivity contribution in [1.82, 2.24) is 5.32 Å². The first-order valence-electron chi connectivity index (χ1n) is 6.03. The molecule has 1 aromatic rings. The number of benzene rings is 1. The molecule has 1 aliphatic rings. The van der Waals surface area contributed by atoms with Crippen molar-refractivity contribution in [2.24, 2.45) is 0 Å². The molecule has 1 fully saturated rings. The lowest BCUT2D eigenvalue weighted by atomic mass is 10.0. The van der Waals surface area contributed by atoms with Crippen molar-refractivity contribution in [2.75, 3.05) is 20.3 Å². The maximum absolute atomic E-state index is 13.5. The summed E-state index contributed by atoms with van der Waals surface area (Å²) in [5.41, 5.74) is 0.494. The molecule has 0 aliphatic carbocycles. The van der Waals surface area contributed by atoms with Crippen LogP contribution in [0.5, 0.6) is 0 Å². The third kappa shape index (κ3) is 3.48. The second-order valence-electron chi connectivity index (χ2n) is 4.33. The summed E-state index contributed by atoms with van der Waals surface area (Å²) in [6.45, 7) is 1.21. The summed E-state index contributed by atoms with van der Waals surface area (Å²) in [5, 5.41) is 3.10. The van der Waals surface area contributed by atoms with Gasteiger partial charge >= 0.3 is 0 Å². The molecule has 1 unspecified atom stereocenters. The van der Waals surface area contributed by atoms with Crippen molar-refractivity contribution in [2.45, 2.75) is 25.2 Å². The lowest BCUT2D eigenvalue weighted by Crippen LogP contribution is -2.32. The van der Waals surface area contributed by atoms with Crippen molar-refractivity contribution in [1.29, 1.82) is 0 Å². The topological polar surface area (TPSA) is 30.5 Å². The van der Waals surface area contributed by atoms with Gasteiger partial charge in [0.25, 0.3) is 0 Å². The van der Waals surface area contributed by atoms with Gasteiger partial charge in [-0.25, -0.2) is 8.78 Å². The Balaban J connectivity index is 1.96. The van der Waals surface area contributed by atoms with Gasteiger partial charge in [-0.15, -0.1) is 0 Å². The maximum atomic E-state index is 13.5. The normalized spacial score (nSPS) is 18.2. The van der Waals surface area contributed by atoms with E-state index >= 15 is 0 Å². The summed E-state index contributed by atoms with van der Waals surface area (Å²) in [6.07, 6.45) is 0.894. The van der Waals surface area contributed by atoms with Crippen LogP contribution in [0.25, 0.3) is 0 Å². The van der Waals surface area contributed by atoms with Crippen LogP contribution in [0.1, 0.15) is 12.0 Å². The van der Waals surface area contributed by atoms with Crippen LogP contribution in [0, 0.1) is 11.6 Å². The van der Waals surface area contributed by atoms with E-state index in [2.05, 4.69) is 5.32 Å². The fourth-order valence-corrected chi connectivity index (χ4v) is 2.03. The van der Waals surface area contributed by atoms with Crippen LogP contribution in [-0.4, -0.2) is 32.6 Å². The van der Waals surface area contributed by atoms with Gasteiger partial charge in [0.1, 0.15) is 11.6 Å². The quantitative estimate of drug-likeness (QED) is 0.873. The average Bonchev–Trinajstić information content (AvgIpc) is 2.84. The van der Waals surface area contributed by atoms with Crippen molar-refractivity contribution in [3.8, 4) is 0 Å². The van der Waals surface area contributed by atoms with Crippen LogP contribution < -0.4 is 5.32 Å². The van der Waals surface area contributed by atoms with Crippen molar-refractivity contribution in [3.63, 3.8) is 0 Å². The van der Waals surface area contributed by atoms with Crippen molar-refractivity contribution >= 4 is 0 Å². The zero-order chi connectivity index (χ0) is 13.0. The summed E-state index contributed by atoms with van der Waals surface area (Å²) >= 11 is 0. The van der Waals surface area contributed by atoms with Gasteiger partial charge in [0, 0.05) is 18.5 Å². The van der Waals surface area contributed by atoms with E-state index in [1.54, 1.807) is 7.05 Å². The second-order valence-corrected chi connectivity index (χ2v) is 4.33. The number of likely N-dealkylation sites (N-methyl/N-ethyl adjacent to an activating group) is 1. The van der Waals surface area contributed by atoms with E-state index in [-0.39, 0.29) is 12.3 Å². The van der Waals surface area contributed by atoms with Gasteiger partial charge in [0.2, 0.25) is 0 Å². The Morgan fingerprint density at radius 2 is 2.06 bits per heavy atom. The highest BCUT2D eigenvalue weighted by molar-refractivity contribution is 5.19. The first-order chi connectivity index (χ1) is 8.69. The zero-order valence-electron chi connectivity index (χ0n) is 10.3. The molecule has 3 nitrogen and oxygen atoms in total. The summed E-state index contributed by atoms with van der Waals surface area (Å²) in [6, 6.07) is 3.69. The number of nitrogens with one attached hydrogen (secondary N) is 1. The van der Waals surface area contributed by atoms with Crippen LogP contribution in [0.4, 0.5) is 8.78 Å². The van der Waals surface area contributed by atoms with Crippen LogP contribution in [0.3, 0.4) is 0 Å². The number of hydrogen-bond donors (Lipinski definition) is 1. The van der Waals surface area contributed by atoms with Crippen LogP contribution in [-0.2, 0) is 15.9 Å². The summed E-state index contributed by atoms with van der Waals surface area (Å²) in [4.78, 5) is 0. The van der Waals surface area contributed by atoms with Gasteiger partial charge in [-0.2, -0.15) is 0 Å². The van der Waals surface area contributed by atoms with Gasteiger partial charge < -0.3 is 14.8 Å². The summed E-state index contributed by atoms with van der Waals surface area (Å²) < 4.78 is 37.0. The van der Waals surface area contributed by atoms with Gasteiger partial charge in [-0.05, 0) is 25.1 Å². The standard InChI is InChI=1S/C13H17F2NO2/c1-16-11(8-13-17-4-5-18-13)6-9-2-3-10(14)7-12(9)15/h2-3,7,11,13,16H,4-6,8H2,1H3. The number of rotatable bonds is 5. The summed E-state index contributed by atoms with van der Waals surface area (Å²) in [5.74, 6) is -1.07. The Morgan fingerprint density at radius 3 is 2.67 bits per heavy atom. The molecule has 1 atom stereocenters. The first kappa shape index (κ1) is 13.4. The Morgan fingerprint density at radius 1 is 1.33 bits per heavy atom. The lowest BCUT2D eigenvalue weighted by Gasteiger charge is -2.19. The Hall–Kier alpha value is -1.04. The molecule has 18 heavy (non-hydrogen) atoms. The molecule has 1 aromatic carbocycles. The molecule has 0 radical (unpaired) electrons. The molecule has 5 heteroatoms. The van der Waals surface area contributed by atoms with E-state index in [0.717, 1.165) is 6.07 Å². The number of halogens is 2. The molecule has 0 bridgehead atoms.